The van der Waals surface area contributed by atoms with Crippen LogP contribution in [0.25, 0.3) is 16.0 Å². The lowest BCUT2D eigenvalue weighted by Gasteiger charge is -2.16. The van der Waals surface area contributed by atoms with Crippen molar-refractivity contribution >= 4 is 28.4 Å². The predicted molar refractivity (Wildman–Crippen MR) is 109 cm³/mol. The summed E-state index contributed by atoms with van der Waals surface area (Å²) < 4.78 is 11.0. The molecular weight excluding hydrogens is 378 g/mol. The van der Waals surface area contributed by atoms with Crippen LogP contribution in [0.5, 0.6) is 11.5 Å². The number of ketones is 1. The topological polar surface area (TPSA) is 78.7 Å². The number of carbonyl (C=O) groups is 1. The van der Waals surface area contributed by atoms with Crippen molar-refractivity contribution in [1.29, 1.82) is 0 Å². The van der Waals surface area contributed by atoms with Crippen molar-refractivity contribution in [3.8, 4) is 21.9 Å². The van der Waals surface area contributed by atoms with Crippen LogP contribution in [0.3, 0.4) is 0 Å². The highest BCUT2D eigenvalue weighted by Gasteiger charge is 2.25. The van der Waals surface area contributed by atoms with Gasteiger partial charge in [0.05, 0.1) is 19.1 Å². The van der Waals surface area contributed by atoms with E-state index in [1.807, 2.05) is 23.6 Å². The quantitative estimate of drug-likeness (QED) is 0.237. The van der Waals surface area contributed by atoms with Crippen molar-refractivity contribution in [1.82, 2.24) is 0 Å². The molecule has 2 aromatic carbocycles. The molecule has 0 fully saturated rings. The van der Waals surface area contributed by atoms with Gasteiger partial charge in [-0.3, -0.25) is 14.9 Å². The molecule has 0 atom stereocenters. The summed E-state index contributed by atoms with van der Waals surface area (Å²) in [6, 6.07) is 13.1. The van der Waals surface area contributed by atoms with Crippen molar-refractivity contribution in [3.05, 3.63) is 81.7 Å². The molecule has 0 spiro atoms. The smallest absolute Gasteiger partial charge is 0.269 e. The van der Waals surface area contributed by atoms with E-state index in [0.29, 0.717) is 17.1 Å². The number of benzene rings is 2. The van der Waals surface area contributed by atoms with Gasteiger partial charge in [-0.1, -0.05) is 12.6 Å². The number of Topliss-reactive ketones (excluding diaryl/α,β-unsaturated/α-hetero) is 1. The van der Waals surface area contributed by atoms with E-state index in [0.717, 1.165) is 10.4 Å². The minimum Gasteiger partial charge on any atom is -0.496 e. The Balaban J connectivity index is 2.08. The number of nitrogens with zero attached hydrogens (tertiary/aromatic N) is 1. The van der Waals surface area contributed by atoms with Gasteiger partial charge in [-0.05, 0) is 41.3 Å². The van der Waals surface area contributed by atoms with Gasteiger partial charge in [0.25, 0.3) is 5.69 Å². The van der Waals surface area contributed by atoms with Crippen LogP contribution in [0.1, 0.15) is 15.9 Å². The Morgan fingerprint density at radius 1 is 1.07 bits per heavy atom. The third-order valence-electron chi connectivity index (χ3n) is 4.26. The van der Waals surface area contributed by atoms with Crippen LogP contribution < -0.4 is 9.47 Å². The van der Waals surface area contributed by atoms with Crippen LogP contribution in [0.4, 0.5) is 5.69 Å². The number of nitro benzene ring substituents is 1. The molecular formula is C21H17NO5S. The SMILES string of the molecule is C=C(C(=O)c1c(OC)ccc(-c2cccs2)c1OC)c1ccc([N+](=O)[O-])cc1. The van der Waals surface area contributed by atoms with Crippen molar-refractivity contribution in [2.45, 2.75) is 0 Å². The maximum atomic E-state index is 13.3. The third-order valence-corrected chi connectivity index (χ3v) is 5.16. The molecule has 0 bridgehead atoms. The number of hydrogen-bond donors (Lipinski definition) is 0. The van der Waals surface area contributed by atoms with Crippen molar-refractivity contribution < 1.29 is 19.2 Å². The van der Waals surface area contributed by atoms with E-state index in [-0.39, 0.29) is 22.6 Å². The van der Waals surface area contributed by atoms with E-state index in [2.05, 4.69) is 6.58 Å². The largest absolute Gasteiger partial charge is 0.496 e. The lowest BCUT2D eigenvalue weighted by Crippen LogP contribution is -2.08. The van der Waals surface area contributed by atoms with Crippen LogP contribution in [0.2, 0.25) is 0 Å². The van der Waals surface area contributed by atoms with Gasteiger partial charge in [0.2, 0.25) is 5.78 Å². The van der Waals surface area contributed by atoms with Crippen LogP contribution >= 0.6 is 11.3 Å². The second-order valence-corrected chi connectivity index (χ2v) is 6.76. The predicted octanol–water partition coefficient (Wildman–Crippen LogP) is 5.24. The fraction of sp³-hybridized carbons (Fsp3) is 0.0952. The van der Waals surface area contributed by atoms with Crippen LogP contribution in [0, 0.1) is 10.1 Å². The van der Waals surface area contributed by atoms with Gasteiger partial charge >= 0.3 is 0 Å². The number of non-ortho nitro benzene ring substituents is 1. The zero-order valence-electron chi connectivity index (χ0n) is 15.3. The summed E-state index contributed by atoms with van der Waals surface area (Å²) in [6.45, 7) is 3.89. The number of methoxy groups -OCH3 is 2. The average molecular weight is 395 g/mol. The summed E-state index contributed by atoms with van der Waals surface area (Å²) in [5.74, 6) is 0.390. The fourth-order valence-corrected chi connectivity index (χ4v) is 3.60. The summed E-state index contributed by atoms with van der Waals surface area (Å²) in [7, 11) is 2.97. The summed E-state index contributed by atoms with van der Waals surface area (Å²) in [5.41, 5.74) is 1.66. The fourth-order valence-electron chi connectivity index (χ4n) is 2.85. The first-order valence-electron chi connectivity index (χ1n) is 8.25. The van der Waals surface area contributed by atoms with Crippen LogP contribution in [-0.4, -0.2) is 24.9 Å². The Morgan fingerprint density at radius 2 is 1.79 bits per heavy atom. The van der Waals surface area contributed by atoms with Gasteiger partial charge in [0.15, 0.2) is 0 Å². The number of allylic oxidation sites excluding steroid dienone is 1. The molecule has 0 N–H and O–H groups in total. The van der Waals surface area contributed by atoms with Gasteiger partial charge < -0.3 is 9.47 Å². The maximum absolute atomic E-state index is 13.3. The first-order valence-corrected chi connectivity index (χ1v) is 9.13. The number of ether oxygens (including phenoxy) is 2. The number of rotatable bonds is 7. The number of nitro groups is 1. The standard InChI is InChI=1S/C21H17NO5S/c1-13(14-6-8-15(9-7-14)22(24)25)20(23)19-17(26-2)11-10-16(21(19)27-3)18-5-4-12-28-18/h4-12H,1H2,2-3H3. The molecule has 3 rings (SSSR count). The van der Waals surface area contributed by atoms with E-state index in [1.54, 1.807) is 6.07 Å². The second kappa shape index (κ2) is 8.06. The molecule has 142 valence electrons. The zero-order valence-corrected chi connectivity index (χ0v) is 16.1. The Labute approximate surface area is 165 Å². The molecule has 0 amide bonds. The van der Waals surface area contributed by atoms with Crippen LogP contribution in [-0.2, 0) is 0 Å². The first kappa shape index (κ1) is 19.3. The van der Waals surface area contributed by atoms with Gasteiger partial charge in [0.1, 0.15) is 17.1 Å². The molecule has 0 saturated heterocycles. The molecule has 1 aromatic heterocycles. The number of carbonyl (C=O) groups excluding carboxylic acids is 1. The summed E-state index contributed by atoms with van der Waals surface area (Å²) in [5, 5.41) is 12.8. The Bertz CT molecular complexity index is 1040. The van der Waals surface area contributed by atoms with Gasteiger partial charge in [-0.15, -0.1) is 11.3 Å². The molecule has 0 saturated carbocycles. The maximum Gasteiger partial charge on any atom is 0.269 e. The minimum atomic E-state index is -0.495. The molecule has 28 heavy (non-hydrogen) atoms. The summed E-state index contributed by atoms with van der Waals surface area (Å²) in [6.07, 6.45) is 0. The highest BCUT2D eigenvalue weighted by atomic mass is 32.1. The van der Waals surface area contributed by atoms with E-state index >= 15 is 0 Å². The monoisotopic (exact) mass is 395 g/mol. The van der Waals surface area contributed by atoms with E-state index in [9.17, 15) is 14.9 Å². The van der Waals surface area contributed by atoms with Crippen molar-refractivity contribution in [2.75, 3.05) is 14.2 Å². The van der Waals surface area contributed by atoms with Gasteiger partial charge in [-0.2, -0.15) is 0 Å². The minimum absolute atomic E-state index is 0.0566. The molecule has 0 aliphatic carbocycles. The normalized spacial score (nSPS) is 10.4. The van der Waals surface area contributed by atoms with E-state index in [4.69, 9.17) is 9.47 Å². The van der Waals surface area contributed by atoms with Crippen molar-refractivity contribution in [3.63, 3.8) is 0 Å². The molecule has 1 heterocycles. The van der Waals surface area contributed by atoms with Crippen LogP contribution in [0.15, 0.2) is 60.5 Å². The molecule has 0 unspecified atom stereocenters. The molecule has 0 aliphatic heterocycles. The van der Waals surface area contributed by atoms with E-state index < -0.39 is 4.92 Å². The van der Waals surface area contributed by atoms with Gasteiger partial charge in [0, 0.05) is 28.1 Å². The molecule has 0 aliphatic rings. The second-order valence-electron chi connectivity index (χ2n) is 5.81. The Morgan fingerprint density at radius 3 is 2.32 bits per heavy atom. The highest BCUT2D eigenvalue weighted by Crippen LogP contribution is 2.41. The van der Waals surface area contributed by atoms with Gasteiger partial charge in [-0.25, -0.2) is 0 Å². The molecule has 3 aromatic rings. The van der Waals surface area contributed by atoms with E-state index in [1.165, 1.54) is 49.8 Å². The molecule has 6 nitrogen and oxygen atoms in total. The summed E-state index contributed by atoms with van der Waals surface area (Å²) in [4.78, 5) is 24.6. The average Bonchev–Trinajstić information content (AvgIpc) is 3.26. The lowest BCUT2D eigenvalue weighted by molar-refractivity contribution is -0.384. The molecule has 0 radical (unpaired) electrons. The molecule has 7 heteroatoms. The number of hydrogen-bond acceptors (Lipinski definition) is 6. The third kappa shape index (κ3) is 3.52. The summed E-state index contributed by atoms with van der Waals surface area (Å²) >= 11 is 1.53. The Kier molecular flexibility index (Phi) is 5.56. The van der Waals surface area contributed by atoms with Crippen molar-refractivity contribution in [2.24, 2.45) is 0 Å². The zero-order chi connectivity index (χ0) is 20.3. The highest BCUT2D eigenvalue weighted by molar-refractivity contribution is 7.13. The first-order chi connectivity index (χ1) is 13.5. The number of thiophene rings is 1. The lowest BCUT2D eigenvalue weighted by atomic mass is 9.94. The Hall–Kier alpha value is -3.45.